The molecule has 0 bridgehead atoms. The van der Waals surface area contributed by atoms with Crippen molar-refractivity contribution >= 4 is 28.2 Å². The molecule has 0 amide bonds. The van der Waals surface area contributed by atoms with E-state index in [1.807, 2.05) is 19.1 Å². The lowest BCUT2D eigenvalue weighted by Crippen LogP contribution is -2.10. The molecule has 0 saturated carbocycles. The van der Waals surface area contributed by atoms with Crippen LogP contribution in [-0.4, -0.2) is 15.3 Å². The molecular weight excluding hydrogens is 264 g/mol. The SMILES string of the molecule is CCC(c1ccc2cc([N+](=O)[O-])ccc2n1)C(C)Cl. The third-order valence-electron chi connectivity index (χ3n) is 3.28. The maximum absolute atomic E-state index is 10.7. The van der Waals surface area contributed by atoms with Gasteiger partial charge in [-0.1, -0.05) is 13.0 Å². The molecule has 0 N–H and O–H groups in total. The first-order chi connectivity index (χ1) is 9.02. The number of nitro benzene ring substituents is 1. The average molecular weight is 279 g/mol. The van der Waals surface area contributed by atoms with E-state index in [1.165, 1.54) is 12.1 Å². The maximum atomic E-state index is 10.7. The van der Waals surface area contributed by atoms with E-state index in [0.29, 0.717) is 0 Å². The van der Waals surface area contributed by atoms with Crippen LogP contribution in [0.1, 0.15) is 31.9 Å². The molecule has 2 aromatic rings. The largest absolute Gasteiger partial charge is 0.270 e. The molecule has 1 aromatic heterocycles. The molecule has 5 heteroatoms. The van der Waals surface area contributed by atoms with E-state index in [9.17, 15) is 10.1 Å². The van der Waals surface area contributed by atoms with Crippen molar-refractivity contribution in [2.45, 2.75) is 31.6 Å². The van der Waals surface area contributed by atoms with Crippen molar-refractivity contribution in [1.29, 1.82) is 0 Å². The van der Waals surface area contributed by atoms with Crippen LogP contribution in [-0.2, 0) is 0 Å². The maximum Gasteiger partial charge on any atom is 0.270 e. The average Bonchev–Trinajstić information content (AvgIpc) is 2.38. The van der Waals surface area contributed by atoms with Gasteiger partial charge in [-0.2, -0.15) is 0 Å². The number of benzene rings is 1. The van der Waals surface area contributed by atoms with E-state index >= 15 is 0 Å². The smallest absolute Gasteiger partial charge is 0.258 e. The van der Waals surface area contributed by atoms with Gasteiger partial charge in [-0.05, 0) is 25.5 Å². The highest BCUT2D eigenvalue weighted by atomic mass is 35.5. The molecule has 2 rings (SSSR count). The third-order valence-corrected chi connectivity index (χ3v) is 3.58. The minimum Gasteiger partial charge on any atom is -0.258 e. The Hall–Kier alpha value is -1.68. The number of halogens is 1. The van der Waals surface area contributed by atoms with Gasteiger partial charge in [-0.3, -0.25) is 15.1 Å². The van der Waals surface area contributed by atoms with Crippen LogP contribution in [0.15, 0.2) is 30.3 Å². The number of nitrogens with zero attached hydrogens (tertiary/aromatic N) is 2. The molecule has 19 heavy (non-hydrogen) atoms. The summed E-state index contributed by atoms with van der Waals surface area (Å²) in [5.74, 6) is 0.196. The highest BCUT2D eigenvalue weighted by molar-refractivity contribution is 6.20. The molecule has 4 nitrogen and oxygen atoms in total. The van der Waals surface area contributed by atoms with Gasteiger partial charge in [0.15, 0.2) is 0 Å². The van der Waals surface area contributed by atoms with Gasteiger partial charge in [-0.15, -0.1) is 11.6 Å². The van der Waals surface area contributed by atoms with Crippen molar-refractivity contribution in [3.63, 3.8) is 0 Å². The summed E-state index contributed by atoms with van der Waals surface area (Å²) in [4.78, 5) is 14.9. The Morgan fingerprint density at radius 3 is 2.68 bits per heavy atom. The van der Waals surface area contributed by atoms with Gasteiger partial charge < -0.3 is 0 Å². The number of hydrogen-bond donors (Lipinski definition) is 0. The Morgan fingerprint density at radius 1 is 1.37 bits per heavy atom. The Labute approximate surface area is 116 Å². The summed E-state index contributed by atoms with van der Waals surface area (Å²) >= 11 is 6.17. The number of non-ortho nitro benzene ring substituents is 1. The minimum absolute atomic E-state index is 0.00741. The normalized spacial score (nSPS) is 14.3. The number of fused-ring (bicyclic) bond motifs is 1. The lowest BCUT2D eigenvalue weighted by molar-refractivity contribution is -0.384. The number of rotatable bonds is 4. The summed E-state index contributed by atoms with van der Waals surface area (Å²) in [5.41, 5.74) is 1.78. The second-order valence-electron chi connectivity index (χ2n) is 4.56. The summed E-state index contributed by atoms with van der Waals surface area (Å²) in [6.45, 7) is 4.03. The molecule has 2 atom stereocenters. The van der Waals surface area contributed by atoms with Crippen molar-refractivity contribution in [3.05, 3.63) is 46.1 Å². The molecule has 0 radical (unpaired) electrons. The Kier molecular flexibility index (Phi) is 4.00. The number of alkyl halides is 1. The Bertz CT molecular complexity index is 613. The van der Waals surface area contributed by atoms with Crippen LogP contribution in [0.3, 0.4) is 0 Å². The fourth-order valence-electron chi connectivity index (χ4n) is 2.22. The van der Waals surface area contributed by atoms with Crippen molar-refractivity contribution < 1.29 is 4.92 Å². The van der Waals surface area contributed by atoms with Crippen LogP contribution < -0.4 is 0 Å². The van der Waals surface area contributed by atoms with E-state index in [0.717, 1.165) is 23.0 Å². The Morgan fingerprint density at radius 2 is 2.11 bits per heavy atom. The van der Waals surface area contributed by atoms with Crippen molar-refractivity contribution in [2.75, 3.05) is 0 Å². The first-order valence-corrected chi connectivity index (χ1v) is 6.65. The molecule has 1 aromatic carbocycles. The van der Waals surface area contributed by atoms with E-state index < -0.39 is 4.92 Å². The van der Waals surface area contributed by atoms with Gasteiger partial charge in [-0.25, -0.2) is 0 Å². The van der Waals surface area contributed by atoms with Crippen LogP contribution in [0, 0.1) is 10.1 Å². The summed E-state index contributed by atoms with van der Waals surface area (Å²) in [6.07, 6.45) is 0.913. The molecule has 0 saturated heterocycles. The highest BCUT2D eigenvalue weighted by Gasteiger charge is 2.17. The summed E-state index contributed by atoms with van der Waals surface area (Å²) in [7, 11) is 0. The zero-order chi connectivity index (χ0) is 14.0. The molecular formula is C14H15ClN2O2. The van der Waals surface area contributed by atoms with Crippen LogP contribution in [0.4, 0.5) is 5.69 Å². The first-order valence-electron chi connectivity index (χ1n) is 6.22. The lowest BCUT2D eigenvalue weighted by atomic mass is 9.97. The van der Waals surface area contributed by atoms with Gasteiger partial charge in [0.05, 0.1) is 10.4 Å². The van der Waals surface area contributed by atoms with Crippen LogP contribution in [0.5, 0.6) is 0 Å². The first kappa shape index (κ1) is 13.7. The van der Waals surface area contributed by atoms with Gasteiger partial charge in [0.2, 0.25) is 0 Å². The number of nitro groups is 1. The standard InChI is InChI=1S/C14H15ClN2O2/c1-3-12(9(2)15)14-6-4-10-8-11(17(18)19)5-7-13(10)16-14/h4-9,12H,3H2,1-2H3. The monoisotopic (exact) mass is 278 g/mol. The third kappa shape index (κ3) is 2.84. The number of hydrogen-bond acceptors (Lipinski definition) is 3. The quantitative estimate of drug-likeness (QED) is 0.477. The molecule has 0 aliphatic heterocycles. The predicted octanol–water partition coefficient (Wildman–Crippen LogP) is 4.26. The number of pyridine rings is 1. The van der Waals surface area contributed by atoms with Crippen LogP contribution in [0.25, 0.3) is 10.9 Å². The molecule has 0 spiro atoms. The van der Waals surface area contributed by atoms with E-state index in [2.05, 4.69) is 11.9 Å². The molecule has 2 unspecified atom stereocenters. The zero-order valence-corrected chi connectivity index (χ0v) is 11.6. The molecule has 0 fully saturated rings. The fourth-order valence-corrected chi connectivity index (χ4v) is 2.53. The summed E-state index contributed by atoms with van der Waals surface area (Å²) in [5, 5.41) is 11.5. The van der Waals surface area contributed by atoms with Gasteiger partial charge in [0, 0.05) is 34.5 Å². The predicted molar refractivity (Wildman–Crippen MR) is 76.7 cm³/mol. The zero-order valence-electron chi connectivity index (χ0n) is 10.8. The van der Waals surface area contributed by atoms with Gasteiger partial charge in [0.1, 0.15) is 0 Å². The molecule has 1 heterocycles. The van der Waals surface area contributed by atoms with Crippen LogP contribution in [0.2, 0.25) is 0 Å². The van der Waals surface area contributed by atoms with Crippen molar-refractivity contribution in [1.82, 2.24) is 4.98 Å². The van der Waals surface area contributed by atoms with Crippen molar-refractivity contribution in [2.24, 2.45) is 0 Å². The fraction of sp³-hybridized carbons (Fsp3) is 0.357. The van der Waals surface area contributed by atoms with Gasteiger partial charge in [0.25, 0.3) is 5.69 Å². The molecule has 100 valence electrons. The van der Waals surface area contributed by atoms with Gasteiger partial charge >= 0.3 is 0 Å². The minimum atomic E-state index is -0.400. The van der Waals surface area contributed by atoms with Crippen LogP contribution >= 0.6 is 11.6 Å². The second-order valence-corrected chi connectivity index (χ2v) is 5.25. The summed E-state index contributed by atoms with van der Waals surface area (Å²) < 4.78 is 0. The molecule has 0 aliphatic carbocycles. The highest BCUT2D eigenvalue weighted by Crippen LogP contribution is 2.28. The van der Waals surface area contributed by atoms with E-state index in [1.54, 1.807) is 6.07 Å². The summed E-state index contributed by atoms with van der Waals surface area (Å²) in [6, 6.07) is 8.47. The second kappa shape index (κ2) is 5.53. The van der Waals surface area contributed by atoms with E-state index in [4.69, 9.17) is 11.6 Å². The molecule has 0 aliphatic rings. The topological polar surface area (TPSA) is 56.0 Å². The van der Waals surface area contributed by atoms with Crippen molar-refractivity contribution in [3.8, 4) is 0 Å². The van der Waals surface area contributed by atoms with E-state index in [-0.39, 0.29) is 17.0 Å². The Balaban J connectivity index is 2.47. The number of aromatic nitrogens is 1. The lowest BCUT2D eigenvalue weighted by Gasteiger charge is -2.17.